The first-order valence-corrected chi connectivity index (χ1v) is 10.7. The molecular weight excluding hydrogens is 381 g/mol. The van der Waals surface area contributed by atoms with Crippen LogP contribution in [0.3, 0.4) is 0 Å². The maximum Gasteiger partial charge on any atom is 0.217 e. The molecule has 0 radical (unpaired) electrons. The average Bonchev–Trinajstić information content (AvgIpc) is 2.96. The summed E-state index contributed by atoms with van der Waals surface area (Å²) in [5, 5.41) is 3.70. The summed E-state index contributed by atoms with van der Waals surface area (Å²) >= 11 is 1.40. The largest absolute Gasteiger partial charge is 0.490 e. The lowest BCUT2D eigenvalue weighted by Gasteiger charge is -2.35. The number of carbonyl (C=O) groups is 1. The molecule has 1 saturated heterocycles. The highest BCUT2D eigenvalue weighted by Gasteiger charge is 2.31. The van der Waals surface area contributed by atoms with Crippen LogP contribution < -0.4 is 15.0 Å². The Morgan fingerprint density at radius 1 is 1.43 bits per heavy atom. The standard InChI is InChI=1S/C20H26FN3O3S/c1-12(22-13(2)25)10-26-15-8-14(9-15)11-27-17-5-4-16-19(18(17)21)28-20(23-16)24-6-3-7-24/h4-5,12,14-15H,3,6-11H2,1-2H3,(H,22,25)/t12-,14?,15?/m0/s1. The third-order valence-corrected chi connectivity index (χ3v) is 6.40. The molecule has 2 aliphatic rings. The molecular formula is C20H26FN3O3S. The van der Waals surface area contributed by atoms with Crippen molar-refractivity contribution in [3.05, 3.63) is 17.9 Å². The van der Waals surface area contributed by atoms with Gasteiger partial charge in [-0.15, -0.1) is 0 Å². The summed E-state index contributed by atoms with van der Waals surface area (Å²) in [5.74, 6) is 0.315. The van der Waals surface area contributed by atoms with Gasteiger partial charge in [0.05, 0.1) is 29.5 Å². The highest BCUT2D eigenvalue weighted by molar-refractivity contribution is 7.22. The molecule has 1 aromatic heterocycles. The van der Waals surface area contributed by atoms with E-state index in [9.17, 15) is 9.18 Å². The molecule has 152 valence electrons. The van der Waals surface area contributed by atoms with Crippen molar-refractivity contribution >= 4 is 32.6 Å². The van der Waals surface area contributed by atoms with Crippen molar-refractivity contribution in [2.75, 3.05) is 31.2 Å². The van der Waals surface area contributed by atoms with Gasteiger partial charge in [0, 0.05) is 26.1 Å². The second-order valence-corrected chi connectivity index (χ2v) is 8.75. The molecule has 0 bridgehead atoms. The monoisotopic (exact) mass is 407 g/mol. The smallest absolute Gasteiger partial charge is 0.217 e. The van der Waals surface area contributed by atoms with E-state index in [0.29, 0.717) is 35.1 Å². The SMILES string of the molecule is CC(=O)N[C@@H](C)COC1CC(COc2ccc3nc(N4CCC4)sc3c2F)C1. The van der Waals surface area contributed by atoms with Gasteiger partial charge in [0.2, 0.25) is 5.91 Å². The van der Waals surface area contributed by atoms with Crippen molar-refractivity contribution in [1.29, 1.82) is 0 Å². The van der Waals surface area contributed by atoms with Crippen LogP contribution in [0.4, 0.5) is 9.52 Å². The Kier molecular flexibility index (Phi) is 5.68. The Balaban J connectivity index is 1.25. The minimum Gasteiger partial charge on any atom is -0.490 e. The first kappa shape index (κ1) is 19.4. The summed E-state index contributed by atoms with van der Waals surface area (Å²) in [6.45, 7) is 6.42. The minimum atomic E-state index is -0.307. The Bertz CT molecular complexity index is 849. The van der Waals surface area contributed by atoms with Crippen LogP contribution in [0.1, 0.15) is 33.1 Å². The molecule has 1 atom stereocenters. The fourth-order valence-electron chi connectivity index (χ4n) is 3.51. The summed E-state index contributed by atoms with van der Waals surface area (Å²) in [5.41, 5.74) is 0.696. The van der Waals surface area contributed by atoms with Crippen molar-refractivity contribution in [3.63, 3.8) is 0 Å². The molecule has 1 saturated carbocycles. The van der Waals surface area contributed by atoms with Gasteiger partial charge in [0.15, 0.2) is 16.7 Å². The number of halogens is 1. The number of fused-ring (bicyclic) bond motifs is 1. The fourth-order valence-corrected chi connectivity index (χ4v) is 4.55. The molecule has 28 heavy (non-hydrogen) atoms. The van der Waals surface area contributed by atoms with Crippen molar-refractivity contribution < 1.29 is 18.7 Å². The quantitative estimate of drug-likeness (QED) is 0.727. The fraction of sp³-hybridized carbons (Fsp3) is 0.600. The van der Waals surface area contributed by atoms with Crippen molar-refractivity contribution in [2.45, 2.75) is 45.3 Å². The van der Waals surface area contributed by atoms with Crippen LogP contribution in [0.15, 0.2) is 12.1 Å². The molecule has 1 aliphatic carbocycles. The predicted octanol–water partition coefficient (Wildman–Crippen LogP) is 3.34. The molecule has 2 fully saturated rings. The topological polar surface area (TPSA) is 63.7 Å². The van der Waals surface area contributed by atoms with Crippen LogP contribution in [0.5, 0.6) is 5.75 Å². The molecule has 4 rings (SSSR count). The average molecular weight is 408 g/mol. The zero-order valence-electron chi connectivity index (χ0n) is 16.2. The number of benzene rings is 1. The van der Waals surface area contributed by atoms with Gasteiger partial charge in [-0.1, -0.05) is 11.3 Å². The molecule has 1 amide bonds. The van der Waals surface area contributed by atoms with Gasteiger partial charge in [-0.05, 0) is 44.2 Å². The third-order valence-electron chi connectivity index (χ3n) is 5.28. The molecule has 6 nitrogen and oxygen atoms in total. The lowest BCUT2D eigenvalue weighted by Crippen LogP contribution is -2.40. The molecule has 2 heterocycles. The zero-order valence-corrected chi connectivity index (χ0v) is 17.1. The molecule has 1 aliphatic heterocycles. The van der Waals surface area contributed by atoms with E-state index in [-0.39, 0.29) is 23.9 Å². The second kappa shape index (κ2) is 8.21. The molecule has 1 N–H and O–H groups in total. The lowest BCUT2D eigenvalue weighted by atomic mass is 9.83. The second-order valence-electron chi connectivity index (χ2n) is 7.77. The first-order valence-electron chi connectivity index (χ1n) is 9.85. The number of hydrogen-bond acceptors (Lipinski definition) is 6. The molecule has 0 unspecified atom stereocenters. The van der Waals surface area contributed by atoms with Crippen LogP contribution in [-0.2, 0) is 9.53 Å². The Labute approximate surface area is 168 Å². The van der Waals surface area contributed by atoms with E-state index in [1.165, 1.54) is 24.7 Å². The molecule has 2 aromatic rings. The summed E-state index contributed by atoms with van der Waals surface area (Å²) in [4.78, 5) is 17.7. The van der Waals surface area contributed by atoms with Gasteiger partial charge in [-0.25, -0.2) is 9.37 Å². The van der Waals surface area contributed by atoms with Gasteiger partial charge in [-0.3, -0.25) is 4.79 Å². The highest BCUT2D eigenvalue weighted by atomic mass is 32.1. The number of nitrogens with zero attached hydrogens (tertiary/aromatic N) is 2. The maximum absolute atomic E-state index is 14.8. The van der Waals surface area contributed by atoms with Gasteiger partial charge >= 0.3 is 0 Å². The molecule has 0 spiro atoms. The number of nitrogens with one attached hydrogen (secondary N) is 1. The molecule has 1 aromatic carbocycles. The summed E-state index contributed by atoms with van der Waals surface area (Å²) < 4.78 is 26.9. The van der Waals surface area contributed by atoms with E-state index in [0.717, 1.165) is 31.1 Å². The Hall–Kier alpha value is -1.93. The number of thiazole rings is 1. The number of rotatable bonds is 8. The van der Waals surface area contributed by atoms with Gasteiger partial charge in [0.25, 0.3) is 0 Å². The number of anilines is 1. The van der Waals surface area contributed by atoms with E-state index >= 15 is 0 Å². The number of aromatic nitrogens is 1. The number of hydrogen-bond donors (Lipinski definition) is 1. The van der Waals surface area contributed by atoms with Gasteiger partial charge in [-0.2, -0.15) is 0 Å². The van der Waals surface area contributed by atoms with E-state index in [4.69, 9.17) is 9.47 Å². The summed E-state index contributed by atoms with van der Waals surface area (Å²) in [6, 6.07) is 3.53. The van der Waals surface area contributed by atoms with Crippen LogP contribution in [0.2, 0.25) is 0 Å². The Morgan fingerprint density at radius 2 is 2.21 bits per heavy atom. The van der Waals surface area contributed by atoms with E-state index in [1.54, 1.807) is 6.07 Å². The number of amides is 1. The molecule has 8 heteroatoms. The number of ether oxygens (including phenoxy) is 2. The normalized spacial score (nSPS) is 22.5. The van der Waals surface area contributed by atoms with Gasteiger partial charge in [0.1, 0.15) is 0 Å². The first-order chi connectivity index (χ1) is 13.5. The van der Waals surface area contributed by atoms with Gasteiger partial charge < -0.3 is 19.7 Å². The van der Waals surface area contributed by atoms with Crippen molar-refractivity contribution in [3.8, 4) is 5.75 Å². The van der Waals surface area contributed by atoms with Crippen molar-refractivity contribution in [1.82, 2.24) is 10.3 Å². The maximum atomic E-state index is 14.8. The zero-order chi connectivity index (χ0) is 19.7. The van der Waals surface area contributed by atoms with Crippen LogP contribution in [-0.4, -0.2) is 49.3 Å². The van der Waals surface area contributed by atoms with Crippen LogP contribution >= 0.6 is 11.3 Å². The van der Waals surface area contributed by atoms with E-state index in [2.05, 4.69) is 15.2 Å². The third kappa shape index (κ3) is 4.22. The summed E-state index contributed by atoms with van der Waals surface area (Å²) in [7, 11) is 0. The Morgan fingerprint density at radius 3 is 2.89 bits per heavy atom. The highest BCUT2D eigenvalue weighted by Crippen LogP contribution is 2.37. The minimum absolute atomic E-state index is 0.00850. The van der Waals surface area contributed by atoms with Crippen molar-refractivity contribution in [2.24, 2.45) is 5.92 Å². The van der Waals surface area contributed by atoms with E-state index in [1.807, 2.05) is 13.0 Å². The summed E-state index contributed by atoms with van der Waals surface area (Å²) in [6.07, 6.45) is 3.16. The van der Waals surface area contributed by atoms with Crippen LogP contribution in [0, 0.1) is 11.7 Å². The predicted molar refractivity (Wildman–Crippen MR) is 108 cm³/mol. The lowest BCUT2D eigenvalue weighted by molar-refractivity contribution is -0.120. The number of carbonyl (C=O) groups excluding carboxylic acids is 1. The van der Waals surface area contributed by atoms with Crippen LogP contribution in [0.25, 0.3) is 10.2 Å². The van der Waals surface area contributed by atoms with E-state index < -0.39 is 0 Å².